The van der Waals surface area contributed by atoms with Gasteiger partial charge in [0.25, 0.3) is 0 Å². The Morgan fingerprint density at radius 3 is 2.60 bits per heavy atom. The van der Waals surface area contributed by atoms with Crippen molar-refractivity contribution in [2.24, 2.45) is 0 Å². The summed E-state index contributed by atoms with van der Waals surface area (Å²) in [6.07, 6.45) is 3.97. The fourth-order valence-corrected chi connectivity index (χ4v) is 6.25. The summed E-state index contributed by atoms with van der Waals surface area (Å²) in [6.45, 7) is 11.6. The lowest BCUT2D eigenvalue weighted by Crippen LogP contribution is -2.44. The molecular formula is C29H41N7O3S. The average molecular weight is 568 g/mol. The van der Waals surface area contributed by atoms with Crippen LogP contribution in [0, 0.1) is 0 Å². The van der Waals surface area contributed by atoms with Gasteiger partial charge in [0, 0.05) is 63.1 Å². The van der Waals surface area contributed by atoms with Crippen LogP contribution in [0.2, 0.25) is 0 Å². The molecule has 0 radical (unpaired) electrons. The highest BCUT2D eigenvalue weighted by Crippen LogP contribution is 2.36. The van der Waals surface area contributed by atoms with Gasteiger partial charge in [-0.1, -0.05) is 33.8 Å². The van der Waals surface area contributed by atoms with E-state index in [2.05, 4.69) is 57.2 Å². The van der Waals surface area contributed by atoms with E-state index in [0.29, 0.717) is 32.0 Å². The van der Waals surface area contributed by atoms with Gasteiger partial charge in [-0.2, -0.15) is 0 Å². The van der Waals surface area contributed by atoms with Gasteiger partial charge in [-0.05, 0) is 41.8 Å². The van der Waals surface area contributed by atoms with E-state index in [4.69, 9.17) is 0 Å². The van der Waals surface area contributed by atoms with E-state index < -0.39 is 10.0 Å². The van der Waals surface area contributed by atoms with Crippen LogP contribution in [0.15, 0.2) is 42.9 Å². The van der Waals surface area contributed by atoms with Crippen molar-refractivity contribution in [3.63, 3.8) is 0 Å². The Morgan fingerprint density at radius 2 is 1.88 bits per heavy atom. The zero-order valence-corrected chi connectivity index (χ0v) is 25.2. The molecular weight excluding hydrogens is 526 g/mol. The van der Waals surface area contributed by atoms with Crippen LogP contribution in [-0.4, -0.2) is 77.2 Å². The van der Waals surface area contributed by atoms with Gasteiger partial charge in [0.2, 0.25) is 10.0 Å². The number of aromatic nitrogens is 3. The topological polar surface area (TPSA) is 115 Å². The predicted molar refractivity (Wildman–Crippen MR) is 160 cm³/mol. The van der Waals surface area contributed by atoms with Gasteiger partial charge in [-0.3, -0.25) is 4.90 Å². The van der Waals surface area contributed by atoms with E-state index in [0.717, 1.165) is 35.7 Å². The Bertz CT molecular complexity index is 1440. The van der Waals surface area contributed by atoms with Crippen molar-refractivity contribution < 1.29 is 13.5 Å². The molecule has 2 N–H and O–H groups in total. The Labute approximate surface area is 238 Å². The van der Waals surface area contributed by atoms with E-state index in [1.807, 2.05) is 18.7 Å². The van der Waals surface area contributed by atoms with Gasteiger partial charge in [-0.25, -0.2) is 27.7 Å². The number of nitrogens with one attached hydrogen (secondary N) is 1. The molecule has 1 aromatic carbocycles. The largest absolute Gasteiger partial charge is 0.504 e. The molecule has 2 aromatic heterocycles. The fraction of sp³-hybridized carbons (Fsp3) is 0.483. The Hall–Kier alpha value is -3.28. The molecule has 40 heavy (non-hydrogen) atoms. The molecule has 0 saturated heterocycles. The lowest BCUT2D eigenvalue weighted by atomic mass is 9.78. The predicted octanol–water partition coefficient (Wildman–Crippen LogP) is 3.89. The average Bonchev–Trinajstić information content (AvgIpc) is 2.92. The number of fused-ring (bicyclic) bond motifs is 2. The normalized spacial score (nSPS) is 16.5. The van der Waals surface area contributed by atoms with Crippen molar-refractivity contribution in [2.75, 3.05) is 49.7 Å². The first-order valence-electron chi connectivity index (χ1n) is 13.8. The summed E-state index contributed by atoms with van der Waals surface area (Å²) in [4.78, 5) is 17.6. The molecule has 2 aliphatic heterocycles. The van der Waals surface area contributed by atoms with Crippen LogP contribution >= 0.6 is 0 Å². The lowest BCUT2D eigenvalue weighted by Gasteiger charge is -2.40. The van der Waals surface area contributed by atoms with E-state index in [-0.39, 0.29) is 16.9 Å². The van der Waals surface area contributed by atoms with Gasteiger partial charge < -0.3 is 15.3 Å². The summed E-state index contributed by atoms with van der Waals surface area (Å²) in [7, 11) is -0.0944. The molecule has 2 aliphatic rings. The van der Waals surface area contributed by atoms with Crippen LogP contribution in [-0.2, 0) is 34.9 Å². The number of benzene rings is 1. The molecule has 11 heteroatoms. The third kappa shape index (κ3) is 6.37. The van der Waals surface area contributed by atoms with Crippen LogP contribution < -0.4 is 10.2 Å². The first-order valence-corrected chi connectivity index (χ1v) is 15.4. The molecule has 0 aliphatic carbocycles. The summed E-state index contributed by atoms with van der Waals surface area (Å²) in [6, 6.07) is 9.77. The molecule has 4 heterocycles. The monoisotopic (exact) mass is 567 g/mol. The fourth-order valence-electron chi connectivity index (χ4n) is 5.40. The van der Waals surface area contributed by atoms with E-state index >= 15 is 0 Å². The van der Waals surface area contributed by atoms with E-state index in [1.165, 1.54) is 15.4 Å². The standard InChI is InChI=1S/C27H35N7O3S.C2H6/c1-27(2)17-33(12-13-38(36,37)32(3)4)15-19-14-20(7-8-22(19)27)31-25-21-9-11-34(16-23(21)29-18-30-25)26-24(35)6-5-10-28-26;1-2/h5-8,10,14,18,35H,9,11-13,15-17H2,1-4H3,(H,29,30,31);1-2H3. The highest BCUT2D eigenvalue weighted by atomic mass is 32.2. The van der Waals surface area contributed by atoms with Crippen molar-refractivity contribution in [3.8, 4) is 5.75 Å². The molecule has 0 spiro atoms. The second-order valence-corrected chi connectivity index (χ2v) is 13.2. The molecule has 0 fully saturated rings. The summed E-state index contributed by atoms with van der Waals surface area (Å²) in [5.41, 5.74) is 5.29. The summed E-state index contributed by atoms with van der Waals surface area (Å²) in [5, 5.41) is 13.7. The Kier molecular flexibility index (Phi) is 8.96. The van der Waals surface area contributed by atoms with Crippen molar-refractivity contribution >= 4 is 27.3 Å². The highest BCUT2D eigenvalue weighted by Gasteiger charge is 2.32. The van der Waals surface area contributed by atoms with E-state index in [9.17, 15) is 13.5 Å². The maximum absolute atomic E-state index is 12.3. The maximum atomic E-state index is 12.3. The number of rotatable bonds is 7. The number of anilines is 3. The molecule has 0 unspecified atom stereocenters. The number of hydrogen-bond acceptors (Lipinski definition) is 9. The zero-order valence-electron chi connectivity index (χ0n) is 24.3. The SMILES string of the molecule is CC.CN(C)S(=O)(=O)CCN1Cc2cc(Nc3ncnc4c3CCN(c3ncccc3O)C4)ccc2C(C)(C)C1. The molecule has 216 valence electrons. The molecule has 5 rings (SSSR count). The maximum Gasteiger partial charge on any atom is 0.214 e. The third-order valence-electron chi connectivity index (χ3n) is 7.40. The molecule has 10 nitrogen and oxygen atoms in total. The minimum atomic E-state index is -3.25. The van der Waals surface area contributed by atoms with Gasteiger partial charge in [0.15, 0.2) is 11.6 Å². The van der Waals surface area contributed by atoms with Crippen LogP contribution in [0.1, 0.15) is 50.1 Å². The van der Waals surface area contributed by atoms with Crippen molar-refractivity contribution in [2.45, 2.75) is 52.6 Å². The number of nitrogens with zero attached hydrogens (tertiary/aromatic N) is 6. The molecule has 3 aromatic rings. The number of sulfonamides is 1. The second kappa shape index (κ2) is 12.1. The number of pyridine rings is 1. The third-order valence-corrected chi connectivity index (χ3v) is 9.22. The highest BCUT2D eigenvalue weighted by molar-refractivity contribution is 7.89. The first kappa shape index (κ1) is 29.7. The minimum absolute atomic E-state index is 0.0947. The Morgan fingerprint density at radius 1 is 1.10 bits per heavy atom. The summed E-state index contributed by atoms with van der Waals surface area (Å²) >= 11 is 0. The van der Waals surface area contributed by atoms with E-state index in [1.54, 1.807) is 38.8 Å². The van der Waals surface area contributed by atoms with Gasteiger partial charge in [0.1, 0.15) is 12.1 Å². The number of aromatic hydroxyl groups is 1. The van der Waals surface area contributed by atoms with Crippen LogP contribution in [0.3, 0.4) is 0 Å². The lowest BCUT2D eigenvalue weighted by molar-refractivity contribution is 0.204. The van der Waals surface area contributed by atoms with Crippen LogP contribution in [0.25, 0.3) is 0 Å². The Balaban J connectivity index is 0.00000181. The molecule has 0 bridgehead atoms. The van der Waals surface area contributed by atoms with Crippen LogP contribution in [0.5, 0.6) is 5.75 Å². The first-order chi connectivity index (χ1) is 19.0. The van der Waals surface area contributed by atoms with Crippen molar-refractivity contribution in [3.05, 3.63) is 65.2 Å². The summed E-state index contributed by atoms with van der Waals surface area (Å²) in [5.74, 6) is 1.60. The second-order valence-electron chi connectivity index (χ2n) is 10.9. The zero-order chi connectivity index (χ0) is 29.1. The molecule has 0 saturated carbocycles. The van der Waals surface area contributed by atoms with Gasteiger partial charge in [0.05, 0.1) is 18.0 Å². The van der Waals surface area contributed by atoms with Gasteiger partial charge >= 0.3 is 0 Å². The number of hydrogen-bond donors (Lipinski definition) is 2. The van der Waals surface area contributed by atoms with Gasteiger partial charge in [-0.15, -0.1) is 0 Å². The minimum Gasteiger partial charge on any atom is -0.504 e. The van der Waals surface area contributed by atoms with Crippen molar-refractivity contribution in [1.29, 1.82) is 0 Å². The molecule has 0 amide bonds. The summed E-state index contributed by atoms with van der Waals surface area (Å²) < 4.78 is 26.0. The van der Waals surface area contributed by atoms with Crippen LogP contribution in [0.4, 0.5) is 17.3 Å². The quantitative estimate of drug-likeness (QED) is 0.439. The molecule has 0 atom stereocenters. The van der Waals surface area contributed by atoms with Crippen molar-refractivity contribution in [1.82, 2.24) is 24.2 Å². The smallest absolute Gasteiger partial charge is 0.214 e.